The minimum atomic E-state index is -0.875. The van der Waals surface area contributed by atoms with Crippen molar-refractivity contribution in [1.29, 1.82) is 5.26 Å². The topological polar surface area (TPSA) is 76.4 Å². The summed E-state index contributed by atoms with van der Waals surface area (Å²) in [5.74, 6) is -1.08. The molecule has 1 heterocycles. The third kappa shape index (κ3) is 3.92. The minimum Gasteiger partial charge on any atom is -0.480 e. The van der Waals surface area contributed by atoms with Crippen LogP contribution < -0.4 is 10.2 Å². The van der Waals surface area contributed by atoms with E-state index < -0.39 is 11.8 Å². The highest BCUT2D eigenvalue weighted by Gasteiger charge is 2.22. The van der Waals surface area contributed by atoms with Gasteiger partial charge in [-0.3, -0.25) is 4.79 Å². The first-order chi connectivity index (χ1) is 10.1. The number of rotatable bonds is 5. The summed E-state index contributed by atoms with van der Waals surface area (Å²) < 4.78 is 13.7. The Hall–Kier alpha value is -2.13. The summed E-state index contributed by atoms with van der Waals surface area (Å²) in [5, 5.41) is 20.6. The summed E-state index contributed by atoms with van der Waals surface area (Å²) in [7, 11) is 0. The van der Waals surface area contributed by atoms with Crippen LogP contribution in [0, 0.1) is 23.1 Å². The SMILES string of the molecule is N#Cc1c(F)cccc1N1CCCC(CNCC(=O)O)C1. The van der Waals surface area contributed by atoms with Gasteiger partial charge < -0.3 is 15.3 Å². The van der Waals surface area contributed by atoms with Gasteiger partial charge in [0, 0.05) is 19.6 Å². The van der Waals surface area contributed by atoms with E-state index >= 15 is 0 Å². The molecule has 0 bridgehead atoms. The number of carboxylic acids is 1. The molecule has 1 aromatic rings. The van der Waals surface area contributed by atoms with Crippen LogP contribution >= 0.6 is 0 Å². The van der Waals surface area contributed by atoms with Gasteiger partial charge in [-0.15, -0.1) is 0 Å². The first-order valence-electron chi connectivity index (χ1n) is 6.98. The lowest BCUT2D eigenvalue weighted by Gasteiger charge is -2.35. The van der Waals surface area contributed by atoms with Crippen LogP contribution in [-0.4, -0.2) is 37.3 Å². The van der Waals surface area contributed by atoms with Crippen molar-refractivity contribution in [3.8, 4) is 6.07 Å². The van der Waals surface area contributed by atoms with Gasteiger partial charge in [-0.25, -0.2) is 4.39 Å². The van der Waals surface area contributed by atoms with Gasteiger partial charge in [-0.05, 0) is 30.9 Å². The molecule has 0 spiro atoms. The highest BCUT2D eigenvalue weighted by atomic mass is 19.1. The molecule has 1 atom stereocenters. The molecular formula is C15H18FN3O2. The third-order valence-electron chi connectivity index (χ3n) is 3.67. The fourth-order valence-corrected chi connectivity index (χ4v) is 2.72. The Balaban J connectivity index is 2.03. The van der Waals surface area contributed by atoms with Crippen LogP contribution in [0.5, 0.6) is 0 Å². The average molecular weight is 291 g/mol. The molecule has 1 saturated heterocycles. The number of halogens is 1. The molecule has 0 radical (unpaired) electrons. The standard InChI is InChI=1S/C15H18FN3O2/c16-13-4-1-5-14(12(13)7-17)19-6-2-3-11(10-19)8-18-9-15(20)21/h1,4-5,11,18H,2-3,6,8-10H2,(H,20,21). The van der Waals surface area contributed by atoms with Crippen LogP contribution in [0.3, 0.4) is 0 Å². The van der Waals surface area contributed by atoms with E-state index in [9.17, 15) is 9.18 Å². The van der Waals surface area contributed by atoms with Gasteiger partial charge in [-0.2, -0.15) is 5.26 Å². The number of aliphatic carboxylic acids is 1. The fraction of sp³-hybridized carbons (Fsp3) is 0.467. The Bertz CT molecular complexity index is 556. The first kappa shape index (κ1) is 15.3. The van der Waals surface area contributed by atoms with Crippen molar-refractivity contribution in [2.24, 2.45) is 5.92 Å². The zero-order chi connectivity index (χ0) is 15.2. The molecule has 2 rings (SSSR count). The van der Waals surface area contributed by atoms with Gasteiger partial charge in [0.25, 0.3) is 0 Å². The summed E-state index contributed by atoms with van der Waals surface area (Å²) in [5.41, 5.74) is 0.706. The number of piperidine rings is 1. The van der Waals surface area contributed by atoms with Gasteiger partial charge in [0.2, 0.25) is 0 Å². The lowest BCUT2D eigenvalue weighted by atomic mass is 9.96. The maximum absolute atomic E-state index is 13.7. The second-order valence-electron chi connectivity index (χ2n) is 5.22. The molecule has 1 aliphatic heterocycles. The van der Waals surface area contributed by atoms with Gasteiger partial charge in [-0.1, -0.05) is 6.07 Å². The first-order valence-corrected chi connectivity index (χ1v) is 6.98. The second kappa shape index (κ2) is 7.04. The highest BCUT2D eigenvalue weighted by molar-refractivity contribution is 5.69. The van der Waals surface area contributed by atoms with E-state index in [-0.39, 0.29) is 12.1 Å². The van der Waals surface area contributed by atoms with E-state index in [0.29, 0.717) is 24.7 Å². The number of hydrogen-bond donors (Lipinski definition) is 2. The Kier molecular flexibility index (Phi) is 5.12. The molecule has 1 fully saturated rings. The van der Waals surface area contributed by atoms with E-state index in [4.69, 9.17) is 10.4 Å². The zero-order valence-electron chi connectivity index (χ0n) is 11.7. The Morgan fingerprint density at radius 3 is 3.10 bits per heavy atom. The van der Waals surface area contributed by atoms with Crippen molar-refractivity contribution >= 4 is 11.7 Å². The van der Waals surface area contributed by atoms with E-state index in [1.165, 1.54) is 6.07 Å². The number of carboxylic acid groups (broad SMARTS) is 1. The number of hydrogen-bond acceptors (Lipinski definition) is 4. The molecule has 6 heteroatoms. The number of anilines is 1. The summed E-state index contributed by atoms with van der Waals surface area (Å²) in [6.45, 7) is 2.04. The Morgan fingerprint density at radius 1 is 1.57 bits per heavy atom. The molecule has 1 aromatic carbocycles. The second-order valence-corrected chi connectivity index (χ2v) is 5.22. The molecule has 1 aliphatic rings. The van der Waals surface area contributed by atoms with Crippen LogP contribution in [0.15, 0.2) is 18.2 Å². The summed E-state index contributed by atoms with van der Waals surface area (Å²) >= 11 is 0. The average Bonchev–Trinajstić information content (AvgIpc) is 2.47. The van der Waals surface area contributed by atoms with Crippen LogP contribution in [0.25, 0.3) is 0 Å². The van der Waals surface area contributed by atoms with E-state index in [1.54, 1.807) is 12.1 Å². The van der Waals surface area contributed by atoms with E-state index in [2.05, 4.69) is 5.32 Å². The zero-order valence-corrected chi connectivity index (χ0v) is 11.7. The molecule has 0 aromatic heterocycles. The lowest BCUT2D eigenvalue weighted by molar-refractivity contribution is -0.136. The molecule has 112 valence electrons. The molecule has 0 aliphatic carbocycles. The lowest BCUT2D eigenvalue weighted by Crippen LogP contribution is -2.41. The normalized spacial score (nSPS) is 18.3. The molecule has 5 nitrogen and oxygen atoms in total. The molecule has 21 heavy (non-hydrogen) atoms. The minimum absolute atomic E-state index is 0.0556. The van der Waals surface area contributed by atoms with E-state index in [1.807, 2.05) is 11.0 Å². The van der Waals surface area contributed by atoms with Crippen molar-refractivity contribution in [2.75, 3.05) is 31.1 Å². The van der Waals surface area contributed by atoms with Gasteiger partial charge >= 0.3 is 5.97 Å². The fourth-order valence-electron chi connectivity index (χ4n) is 2.72. The summed E-state index contributed by atoms with van der Waals surface area (Å²) in [4.78, 5) is 12.5. The van der Waals surface area contributed by atoms with Crippen LogP contribution in [0.2, 0.25) is 0 Å². The van der Waals surface area contributed by atoms with Crippen molar-refractivity contribution in [2.45, 2.75) is 12.8 Å². The predicted octanol–water partition coefficient (Wildman–Crippen LogP) is 1.59. The molecule has 0 amide bonds. The quantitative estimate of drug-likeness (QED) is 0.861. The van der Waals surface area contributed by atoms with Crippen LogP contribution in [-0.2, 0) is 4.79 Å². The Labute approximate surface area is 123 Å². The van der Waals surface area contributed by atoms with Crippen molar-refractivity contribution in [3.63, 3.8) is 0 Å². The number of nitrogens with zero attached hydrogens (tertiary/aromatic N) is 2. The third-order valence-corrected chi connectivity index (χ3v) is 3.67. The van der Waals surface area contributed by atoms with Gasteiger partial charge in [0.15, 0.2) is 0 Å². The highest BCUT2D eigenvalue weighted by Crippen LogP contribution is 2.27. The van der Waals surface area contributed by atoms with Crippen molar-refractivity contribution in [3.05, 3.63) is 29.6 Å². The van der Waals surface area contributed by atoms with Crippen molar-refractivity contribution in [1.82, 2.24) is 5.32 Å². The Morgan fingerprint density at radius 2 is 2.38 bits per heavy atom. The molecule has 2 N–H and O–H groups in total. The number of nitrogens with one attached hydrogen (secondary N) is 1. The maximum atomic E-state index is 13.7. The smallest absolute Gasteiger partial charge is 0.317 e. The monoisotopic (exact) mass is 291 g/mol. The number of carbonyl (C=O) groups is 1. The maximum Gasteiger partial charge on any atom is 0.317 e. The summed E-state index contributed by atoms with van der Waals surface area (Å²) in [6, 6.07) is 6.58. The van der Waals surface area contributed by atoms with E-state index in [0.717, 1.165) is 19.4 Å². The molecular weight excluding hydrogens is 273 g/mol. The predicted molar refractivity (Wildman–Crippen MR) is 76.6 cm³/mol. The van der Waals surface area contributed by atoms with Crippen molar-refractivity contribution < 1.29 is 14.3 Å². The van der Waals surface area contributed by atoms with Crippen LogP contribution in [0.4, 0.5) is 10.1 Å². The number of nitriles is 1. The summed E-state index contributed by atoms with van der Waals surface area (Å²) in [6.07, 6.45) is 1.95. The molecule has 0 saturated carbocycles. The number of benzene rings is 1. The van der Waals surface area contributed by atoms with Crippen LogP contribution in [0.1, 0.15) is 18.4 Å². The van der Waals surface area contributed by atoms with Gasteiger partial charge in [0.05, 0.1) is 12.2 Å². The molecule has 1 unspecified atom stereocenters. The largest absolute Gasteiger partial charge is 0.480 e. The van der Waals surface area contributed by atoms with Gasteiger partial charge in [0.1, 0.15) is 17.4 Å².